The summed E-state index contributed by atoms with van der Waals surface area (Å²) in [6, 6.07) is 0.0217. The quantitative estimate of drug-likeness (QED) is 0.660. The number of amides is 1. The third kappa shape index (κ3) is 3.17. The van der Waals surface area contributed by atoms with Crippen LogP contribution in [0.25, 0.3) is 0 Å². The monoisotopic (exact) mass is 226 g/mol. The molecule has 0 aromatic carbocycles. The average molecular weight is 226 g/mol. The lowest BCUT2D eigenvalue weighted by atomic mass is 10.0. The maximum absolute atomic E-state index is 11.9. The van der Waals surface area contributed by atoms with Gasteiger partial charge in [-0.2, -0.15) is 0 Å². The van der Waals surface area contributed by atoms with Crippen molar-refractivity contribution in [3.05, 3.63) is 0 Å². The van der Waals surface area contributed by atoms with E-state index in [1.54, 1.807) is 0 Å². The molecule has 0 spiro atoms. The van der Waals surface area contributed by atoms with Crippen molar-refractivity contribution in [3.8, 4) is 0 Å². The number of piperidine rings is 1. The Balaban J connectivity index is 1.73. The third-order valence-electron chi connectivity index (χ3n) is 3.40. The Morgan fingerprint density at radius 1 is 1.25 bits per heavy atom. The van der Waals surface area contributed by atoms with E-state index in [9.17, 15) is 4.79 Å². The van der Waals surface area contributed by atoms with Crippen LogP contribution in [-0.2, 0) is 4.79 Å². The molecule has 1 atom stereocenters. The first-order valence-electron chi connectivity index (χ1n) is 6.23. The molecule has 2 rings (SSSR count). The van der Waals surface area contributed by atoms with Gasteiger partial charge in [0.15, 0.2) is 0 Å². The molecule has 0 aliphatic carbocycles. The van der Waals surface area contributed by atoms with Gasteiger partial charge in [-0.05, 0) is 26.4 Å². The smallest absolute Gasteiger partial charge is 0.251 e. The second kappa shape index (κ2) is 5.61. The summed E-state index contributed by atoms with van der Waals surface area (Å²) in [5.74, 6) is 0.143. The molecule has 2 fully saturated rings. The molecule has 92 valence electrons. The minimum atomic E-state index is 0.0217. The van der Waals surface area contributed by atoms with Gasteiger partial charge in [-0.3, -0.25) is 10.2 Å². The van der Waals surface area contributed by atoms with E-state index in [4.69, 9.17) is 0 Å². The van der Waals surface area contributed by atoms with Crippen molar-refractivity contribution in [2.45, 2.75) is 25.3 Å². The fourth-order valence-electron chi connectivity index (χ4n) is 2.23. The first-order chi connectivity index (χ1) is 7.75. The maximum atomic E-state index is 11.9. The lowest BCUT2D eigenvalue weighted by molar-refractivity contribution is -0.129. The van der Waals surface area contributed by atoms with E-state index < -0.39 is 0 Å². The predicted octanol–water partition coefficient (Wildman–Crippen LogP) is -0.593. The molecular formula is C11H22N4O. The van der Waals surface area contributed by atoms with Crippen LogP contribution in [0.1, 0.15) is 19.3 Å². The highest BCUT2D eigenvalue weighted by Crippen LogP contribution is 2.07. The Morgan fingerprint density at radius 2 is 2.00 bits per heavy atom. The molecule has 2 aliphatic heterocycles. The summed E-state index contributed by atoms with van der Waals surface area (Å²) in [5, 5.41) is 5.31. The molecule has 0 unspecified atom stereocenters. The lowest BCUT2D eigenvalue weighted by Crippen LogP contribution is -2.57. The van der Waals surface area contributed by atoms with Gasteiger partial charge in [0, 0.05) is 26.2 Å². The van der Waals surface area contributed by atoms with E-state index in [0.717, 1.165) is 45.6 Å². The fourth-order valence-corrected chi connectivity index (χ4v) is 2.23. The second-order valence-corrected chi connectivity index (χ2v) is 4.77. The number of hydrogen-bond donors (Lipinski definition) is 2. The Bertz CT molecular complexity index is 232. The molecule has 2 heterocycles. The summed E-state index contributed by atoms with van der Waals surface area (Å²) in [4.78, 5) is 14.2. The van der Waals surface area contributed by atoms with Crippen LogP contribution >= 0.6 is 0 Å². The molecule has 1 amide bonds. The summed E-state index contributed by atoms with van der Waals surface area (Å²) in [7, 11) is 2.11. The van der Waals surface area contributed by atoms with E-state index in [1.165, 1.54) is 6.42 Å². The zero-order valence-electron chi connectivity index (χ0n) is 10.0. The lowest BCUT2D eigenvalue weighted by Gasteiger charge is -2.34. The van der Waals surface area contributed by atoms with Gasteiger partial charge in [0.25, 0.3) is 5.91 Å². The minimum Gasteiger partial charge on any atom is -0.306 e. The number of piperazine rings is 1. The SMILES string of the molecule is CN1CCN(NC(=O)[C@H]2CCCCN2)CC1. The number of likely N-dealkylation sites (N-methyl/N-ethyl adjacent to an activating group) is 1. The summed E-state index contributed by atoms with van der Waals surface area (Å²) >= 11 is 0. The van der Waals surface area contributed by atoms with Crippen molar-refractivity contribution in [1.82, 2.24) is 20.7 Å². The molecule has 0 aromatic heterocycles. The molecule has 2 aliphatic rings. The number of rotatable bonds is 2. The molecule has 16 heavy (non-hydrogen) atoms. The number of carbonyl (C=O) groups is 1. The van der Waals surface area contributed by atoms with E-state index >= 15 is 0 Å². The maximum Gasteiger partial charge on any atom is 0.251 e. The van der Waals surface area contributed by atoms with Gasteiger partial charge in [0.2, 0.25) is 0 Å². The van der Waals surface area contributed by atoms with Crippen LogP contribution in [0.5, 0.6) is 0 Å². The molecule has 2 N–H and O–H groups in total. The van der Waals surface area contributed by atoms with Gasteiger partial charge >= 0.3 is 0 Å². The molecule has 0 aromatic rings. The number of hydrogen-bond acceptors (Lipinski definition) is 4. The van der Waals surface area contributed by atoms with Crippen molar-refractivity contribution in [1.29, 1.82) is 0 Å². The van der Waals surface area contributed by atoms with Gasteiger partial charge in [-0.1, -0.05) is 6.42 Å². The third-order valence-corrected chi connectivity index (χ3v) is 3.40. The average Bonchev–Trinajstić information content (AvgIpc) is 2.33. The van der Waals surface area contributed by atoms with Gasteiger partial charge in [-0.25, -0.2) is 5.01 Å². The van der Waals surface area contributed by atoms with Crippen LogP contribution in [0.3, 0.4) is 0 Å². The van der Waals surface area contributed by atoms with Crippen molar-refractivity contribution in [2.75, 3.05) is 39.8 Å². The Morgan fingerprint density at radius 3 is 2.62 bits per heavy atom. The Kier molecular flexibility index (Phi) is 4.15. The number of nitrogens with zero attached hydrogens (tertiary/aromatic N) is 2. The van der Waals surface area contributed by atoms with E-state index in [-0.39, 0.29) is 11.9 Å². The van der Waals surface area contributed by atoms with Gasteiger partial charge in [0.05, 0.1) is 6.04 Å². The van der Waals surface area contributed by atoms with E-state index in [1.807, 2.05) is 5.01 Å². The van der Waals surface area contributed by atoms with E-state index in [2.05, 4.69) is 22.7 Å². The highest BCUT2D eigenvalue weighted by atomic mass is 16.2. The number of nitrogens with one attached hydrogen (secondary N) is 2. The van der Waals surface area contributed by atoms with Gasteiger partial charge < -0.3 is 10.2 Å². The molecule has 0 radical (unpaired) electrons. The molecule has 0 bridgehead atoms. The van der Waals surface area contributed by atoms with Crippen molar-refractivity contribution in [3.63, 3.8) is 0 Å². The summed E-state index contributed by atoms with van der Waals surface area (Å²) in [5.41, 5.74) is 3.01. The molecule has 0 saturated carbocycles. The first kappa shape index (κ1) is 11.8. The van der Waals surface area contributed by atoms with Crippen molar-refractivity contribution < 1.29 is 4.79 Å². The fraction of sp³-hybridized carbons (Fsp3) is 0.909. The zero-order valence-corrected chi connectivity index (χ0v) is 10.0. The number of carbonyl (C=O) groups excluding carboxylic acids is 1. The van der Waals surface area contributed by atoms with Gasteiger partial charge in [-0.15, -0.1) is 0 Å². The summed E-state index contributed by atoms with van der Waals surface area (Å²) in [6.07, 6.45) is 3.33. The minimum absolute atomic E-state index is 0.0217. The highest BCUT2D eigenvalue weighted by Gasteiger charge is 2.23. The van der Waals surface area contributed by atoms with Crippen LogP contribution in [0, 0.1) is 0 Å². The van der Waals surface area contributed by atoms with Gasteiger partial charge in [0.1, 0.15) is 0 Å². The molecule has 5 nitrogen and oxygen atoms in total. The number of hydrazine groups is 1. The first-order valence-corrected chi connectivity index (χ1v) is 6.23. The summed E-state index contributed by atoms with van der Waals surface area (Å²) in [6.45, 7) is 4.88. The second-order valence-electron chi connectivity index (χ2n) is 4.77. The predicted molar refractivity (Wildman–Crippen MR) is 62.9 cm³/mol. The van der Waals surface area contributed by atoms with E-state index in [0.29, 0.717) is 0 Å². The van der Waals surface area contributed by atoms with Crippen LogP contribution in [0.4, 0.5) is 0 Å². The molecule has 5 heteroatoms. The van der Waals surface area contributed by atoms with Crippen molar-refractivity contribution in [2.24, 2.45) is 0 Å². The Labute approximate surface area is 97.1 Å². The van der Waals surface area contributed by atoms with Crippen LogP contribution in [0.2, 0.25) is 0 Å². The normalized spacial score (nSPS) is 28.9. The summed E-state index contributed by atoms with van der Waals surface area (Å²) < 4.78 is 0. The highest BCUT2D eigenvalue weighted by molar-refractivity contribution is 5.81. The topological polar surface area (TPSA) is 47.6 Å². The standard InChI is InChI=1S/C11H22N4O/c1-14-6-8-15(9-7-14)13-11(16)10-4-2-3-5-12-10/h10,12H,2-9H2,1H3,(H,13,16)/t10-/m1/s1. The molecule has 2 saturated heterocycles. The Hall–Kier alpha value is -0.650. The van der Waals surface area contributed by atoms with Crippen LogP contribution in [-0.4, -0.2) is 61.6 Å². The van der Waals surface area contributed by atoms with Crippen LogP contribution in [0.15, 0.2) is 0 Å². The zero-order chi connectivity index (χ0) is 11.4. The largest absolute Gasteiger partial charge is 0.306 e. The van der Waals surface area contributed by atoms with Crippen molar-refractivity contribution >= 4 is 5.91 Å². The van der Waals surface area contributed by atoms with Crippen LogP contribution < -0.4 is 10.7 Å². The molecular weight excluding hydrogens is 204 g/mol.